The molecule has 0 bridgehead atoms. The fourth-order valence-electron chi connectivity index (χ4n) is 1.57. The van der Waals surface area contributed by atoms with E-state index in [4.69, 9.17) is 0 Å². The largest absolute Gasteiger partial charge is 0.348 e. The van der Waals surface area contributed by atoms with Crippen LogP contribution in [0.5, 0.6) is 0 Å². The van der Waals surface area contributed by atoms with Crippen LogP contribution in [-0.2, 0) is 6.54 Å². The van der Waals surface area contributed by atoms with Crippen LogP contribution in [0.15, 0.2) is 47.2 Å². The van der Waals surface area contributed by atoms with E-state index in [0.717, 1.165) is 0 Å². The molecule has 1 aromatic heterocycles. The van der Waals surface area contributed by atoms with Crippen LogP contribution in [-0.4, -0.2) is 15.8 Å². The molecule has 0 aliphatic carbocycles. The number of amides is 1. The van der Waals surface area contributed by atoms with Gasteiger partial charge >= 0.3 is 0 Å². The van der Waals surface area contributed by atoms with E-state index < -0.39 is 4.92 Å². The highest BCUT2D eigenvalue weighted by Crippen LogP contribution is 2.13. The predicted molar refractivity (Wildman–Crippen MR) is 76.2 cm³/mol. The lowest BCUT2D eigenvalue weighted by atomic mass is 10.2. The molecule has 0 fully saturated rings. The summed E-state index contributed by atoms with van der Waals surface area (Å²) in [6, 6.07) is 9.44. The summed E-state index contributed by atoms with van der Waals surface area (Å²) in [5.74, 6) is -0.281. The Morgan fingerprint density at radius 2 is 2.15 bits per heavy atom. The molecule has 6 nitrogen and oxygen atoms in total. The van der Waals surface area contributed by atoms with E-state index in [1.54, 1.807) is 24.3 Å². The topological polar surface area (TPSA) is 85.1 Å². The number of hydrogen-bond donors (Lipinski definition) is 1. The molecule has 1 amide bonds. The first kappa shape index (κ1) is 14.1. The molecular weight excluding hydrogens is 326 g/mol. The SMILES string of the molecule is O=C(NCc1cccc([N+](=O)[O-])c1)c1ccc(Br)nc1. The van der Waals surface area contributed by atoms with E-state index in [9.17, 15) is 14.9 Å². The summed E-state index contributed by atoms with van der Waals surface area (Å²) >= 11 is 3.19. The zero-order valence-electron chi connectivity index (χ0n) is 10.2. The maximum Gasteiger partial charge on any atom is 0.269 e. The van der Waals surface area contributed by atoms with Gasteiger partial charge in [0.05, 0.1) is 10.5 Å². The Bertz CT molecular complexity index is 644. The van der Waals surface area contributed by atoms with E-state index in [0.29, 0.717) is 15.7 Å². The van der Waals surface area contributed by atoms with E-state index >= 15 is 0 Å². The Morgan fingerprint density at radius 3 is 2.80 bits per heavy atom. The second kappa shape index (κ2) is 6.25. The number of nitrogens with zero attached hydrogens (tertiary/aromatic N) is 2. The molecule has 102 valence electrons. The van der Waals surface area contributed by atoms with Crippen LogP contribution >= 0.6 is 15.9 Å². The minimum Gasteiger partial charge on any atom is -0.348 e. The molecule has 0 aliphatic heterocycles. The second-order valence-electron chi connectivity index (χ2n) is 3.98. The third-order valence-corrected chi connectivity index (χ3v) is 3.03. The van der Waals surface area contributed by atoms with Gasteiger partial charge in [-0.2, -0.15) is 0 Å². The van der Waals surface area contributed by atoms with Crippen molar-refractivity contribution < 1.29 is 9.72 Å². The van der Waals surface area contributed by atoms with Gasteiger partial charge in [0.25, 0.3) is 11.6 Å². The van der Waals surface area contributed by atoms with Crippen molar-refractivity contribution in [3.05, 3.63) is 68.4 Å². The molecule has 20 heavy (non-hydrogen) atoms. The minimum atomic E-state index is -0.468. The highest BCUT2D eigenvalue weighted by atomic mass is 79.9. The first-order valence-electron chi connectivity index (χ1n) is 5.69. The molecule has 0 saturated carbocycles. The minimum absolute atomic E-state index is 0.00190. The van der Waals surface area contributed by atoms with E-state index in [2.05, 4.69) is 26.2 Å². The van der Waals surface area contributed by atoms with E-state index in [-0.39, 0.29) is 18.1 Å². The molecular formula is C13H10BrN3O3. The van der Waals surface area contributed by atoms with Crippen LogP contribution in [0.2, 0.25) is 0 Å². The van der Waals surface area contributed by atoms with Crippen molar-refractivity contribution in [2.24, 2.45) is 0 Å². The Hall–Kier alpha value is -2.28. The fourth-order valence-corrected chi connectivity index (χ4v) is 1.81. The number of nitro groups is 1. The first-order valence-corrected chi connectivity index (χ1v) is 6.48. The number of non-ortho nitro benzene ring substituents is 1. The van der Waals surface area contributed by atoms with Gasteiger partial charge in [-0.1, -0.05) is 12.1 Å². The molecule has 0 saturated heterocycles. The molecule has 0 atom stereocenters. The maximum absolute atomic E-state index is 11.8. The number of nitrogens with one attached hydrogen (secondary N) is 1. The zero-order valence-corrected chi connectivity index (χ0v) is 11.8. The summed E-state index contributed by atoms with van der Waals surface area (Å²) in [4.78, 5) is 26.0. The number of benzene rings is 1. The monoisotopic (exact) mass is 335 g/mol. The summed E-state index contributed by atoms with van der Waals surface area (Å²) in [6.45, 7) is 0.219. The van der Waals surface area contributed by atoms with Crippen LogP contribution in [0, 0.1) is 10.1 Å². The van der Waals surface area contributed by atoms with Crippen molar-refractivity contribution in [1.29, 1.82) is 0 Å². The number of nitro benzene ring substituents is 1. The molecule has 2 rings (SSSR count). The zero-order chi connectivity index (χ0) is 14.5. The lowest BCUT2D eigenvalue weighted by Crippen LogP contribution is -2.22. The van der Waals surface area contributed by atoms with E-state index in [1.165, 1.54) is 18.3 Å². The molecule has 7 heteroatoms. The van der Waals surface area contributed by atoms with Gasteiger partial charge in [0, 0.05) is 24.9 Å². The quantitative estimate of drug-likeness (QED) is 0.528. The van der Waals surface area contributed by atoms with Gasteiger partial charge in [-0.05, 0) is 33.6 Å². The second-order valence-corrected chi connectivity index (χ2v) is 4.79. The van der Waals surface area contributed by atoms with Crippen molar-refractivity contribution in [1.82, 2.24) is 10.3 Å². The number of carbonyl (C=O) groups is 1. The lowest BCUT2D eigenvalue weighted by Gasteiger charge is -2.05. The van der Waals surface area contributed by atoms with Gasteiger partial charge in [0.2, 0.25) is 0 Å². The molecule has 1 heterocycles. The van der Waals surface area contributed by atoms with Gasteiger partial charge in [-0.3, -0.25) is 14.9 Å². The summed E-state index contributed by atoms with van der Waals surface area (Å²) in [7, 11) is 0. The molecule has 2 aromatic rings. The number of hydrogen-bond acceptors (Lipinski definition) is 4. The van der Waals surface area contributed by atoms with Crippen molar-refractivity contribution in [3.8, 4) is 0 Å². The van der Waals surface area contributed by atoms with Gasteiger partial charge in [-0.15, -0.1) is 0 Å². The van der Waals surface area contributed by atoms with Gasteiger partial charge in [0.1, 0.15) is 4.60 Å². The van der Waals surface area contributed by atoms with Gasteiger partial charge < -0.3 is 5.32 Å². The average molecular weight is 336 g/mol. The van der Waals surface area contributed by atoms with Crippen molar-refractivity contribution in [2.75, 3.05) is 0 Å². The van der Waals surface area contributed by atoms with Crippen LogP contribution in [0.4, 0.5) is 5.69 Å². The Kier molecular flexibility index (Phi) is 4.41. The molecule has 0 aliphatic rings. The fraction of sp³-hybridized carbons (Fsp3) is 0.0769. The van der Waals surface area contributed by atoms with Crippen molar-refractivity contribution in [2.45, 2.75) is 6.54 Å². The molecule has 1 N–H and O–H groups in total. The Balaban J connectivity index is 2.01. The summed E-state index contributed by atoms with van der Waals surface area (Å²) < 4.78 is 0.646. The summed E-state index contributed by atoms with van der Waals surface area (Å²) in [5, 5.41) is 13.3. The summed E-state index contributed by atoms with van der Waals surface area (Å²) in [6.07, 6.45) is 1.45. The van der Waals surface area contributed by atoms with Gasteiger partial charge in [-0.25, -0.2) is 4.98 Å². The molecule has 0 unspecified atom stereocenters. The molecule has 1 aromatic carbocycles. The number of rotatable bonds is 4. The Labute approximate surface area is 123 Å². The van der Waals surface area contributed by atoms with Gasteiger partial charge in [0.15, 0.2) is 0 Å². The van der Waals surface area contributed by atoms with Crippen LogP contribution in [0.25, 0.3) is 0 Å². The summed E-state index contributed by atoms with van der Waals surface area (Å²) in [5.41, 5.74) is 1.10. The normalized spacial score (nSPS) is 10.1. The van der Waals surface area contributed by atoms with Crippen molar-refractivity contribution in [3.63, 3.8) is 0 Å². The number of aromatic nitrogens is 1. The smallest absolute Gasteiger partial charge is 0.269 e. The number of pyridine rings is 1. The third-order valence-electron chi connectivity index (χ3n) is 2.56. The highest BCUT2D eigenvalue weighted by Gasteiger charge is 2.08. The third kappa shape index (κ3) is 3.61. The standard InChI is InChI=1S/C13H10BrN3O3/c14-12-5-4-10(8-15-12)13(18)16-7-9-2-1-3-11(6-9)17(19)20/h1-6,8H,7H2,(H,16,18). The first-order chi connectivity index (χ1) is 9.56. The lowest BCUT2D eigenvalue weighted by molar-refractivity contribution is -0.384. The van der Waals surface area contributed by atoms with E-state index in [1.807, 2.05) is 0 Å². The van der Waals surface area contributed by atoms with Crippen molar-refractivity contribution >= 4 is 27.5 Å². The highest BCUT2D eigenvalue weighted by molar-refractivity contribution is 9.10. The predicted octanol–water partition coefficient (Wildman–Crippen LogP) is 2.68. The molecule has 0 radical (unpaired) electrons. The van der Waals surface area contributed by atoms with Crippen LogP contribution in [0.3, 0.4) is 0 Å². The van der Waals surface area contributed by atoms with Crippen LogP contribution in [0.1, 0.15) is 15.9 Å². The van der Waals surface area contributed by atoms with Crippen LogP contribution < -0.4 is 5.32 Å². The Morgan fingerprint density at radius 1 is 1.35 bits per heavy atom. The average Bonchev–Trinajstić information content (AvgIpc) is 2.46. The number of halogens is 1. The maximum atomic E-state index is 11.8. The number of carbonyl (C=O) groups excluding carboxylic acids is 1. The molecule has 0 spiro atoms.